The second-order valence-electron chi connectivity index (χ2n) is 4.94. The summed E-state index contributed by atoms with van der Waals surface area (Å²) in [5.74, 6) is 0. The minimum absolute atomic E-state index is 0.0219. The number of benzene rings is 1. The Morgan fingerprint density at radius 1 is 1.29 bits per heavy atom. The van der Waals surface area contributed by atoms with Crippen LogP contribution in [0, 0.1) is 0 Å². The van der Waals surface area contributed by atoms with Gasteiger partial charge in [-0.2, -0.15) is 0 Å². The van der Waals surface area contributed by atoms with E-state index in [1.165, 1.54) is 19.2 Å². The van der Waals surface area contributed by atoms with Crippen LogP contribution in [0.25, 0.3) is 0 Å². The summed E-state index contributed by atoms with van der Waals surface area (Å²) in [6.07, 6.45) is 0.621. The Balaban J connectivity index is 3.25. The predicted octanol–water partition coefficient (Wildman–Crippen LogP) is 0.0637. The maximum absolute atomic E-state index is 12.4. The number of nitrogens with two attached hydrogens (primary N) is 1. The Morgan fingerprint density at radius 2 is 1.86 bits per heavy atom. The first kappa shape index (κ1) is 17.9. The van der Waals surface area contributed by atoms with Gasteiger partial charge in [-0.3, -0.25) is 0 Å². The SMILES string of the molecule is CC(O)CCN(C)S(=O)(=O)c1cc(S(C)(=O)=O)ccc1N. The van der Waals surface area contributed by atoms with Gasteiger partial charge >= 0.3 is 0 Å². The van der Waals surface area contributed by atoms with Crippen molar-refractivity contribution in [2.45, 2.75) is 29.2 Å². The Morgan fingerprint density at radius 3 is 2.33 bits per heavy atom. The average Bonchev–Trinajstić information content (AvgIpc) is 2.34. The monoisotopic (exact) mass is 336 g/mol. The van der Waals surface area contributed by atoms with E-state index in [1.54, 1.807) is 6.92 Å². The molecule has 0 aromatic heterocycles. The van der Waals surface area contributed by atoms with E-state index in [9.17, 15) is 21.9 Å². The number of nitrogen functional groups attached to an aromatic ring is 1. The molecule has 1 aromatic rings. The minimum Gasteiger partial charge on any atom is -0.398 e. The van der Waals surface area contributed by atoms with Crippen molar-refractivity contribution in [3.63, 3.8) is 0 Å². The molecule has 1 rings (SSSR count). The first-order valence-electron chi connectivity index (χ1n) is 6.20. The molecule has 120 valence electrons. The molecule has 1 unspecified atom stereocenters. The first-order valence-corrected chi connectivity index (χ1v) is 9.53. The number of sulfone groups is 1. The molecule has 21 heavy (non-hydrogen) atoms. The number of anilines is 1. The summed E-state index contributed by atoms with van der Waals surface area (Å²) in [4.78, 5) is -0.363. The van der Waals surface area contributed by atoms with Gasteiger partial charge in [-0.15, -0.1) is 0 Å². The summed E-state index contributed by atoms with van der Waals surface area (Å²) < 4.78 is 48.9. The average molecular weight is 336 g/mol. The van der Waals surface area contributed by atoms with E-state index in [-0.39, 0.29) is 28.4 Å². The topological polar surface area (TPSA) is 118 Å². The summed E-state index contributed by atoms with van der Waals surface area (Å²) in [5.41, 5.74) is 5.64. The van der Waals surface area contributed by atoms with Crippen LogP contribution in [0.1, 0.15) is 13.3 Å². The van der Waals surface area contributed by atoms with Crippen LogP contribution < -0.4 is 5.73 Å². The Kier molecular flexibility index (Phi) is 5.37. The summed E-state index contributed by atoms with van der Waals surface area (Å²) in [7, 11) is -6.10. The number of hydrogen-bond donors (Lipinski definition) is 2. The molecule has 0 aliphatic heterocycles. The molecule has 0 saturated carbocycles. The van der Waals surface area contributed by atoms with Crippen molar-refractivity contribution >= 4 is 25.5 Å². The largest absolute Gasteiger partial charge is 0.398 e. The lowest BCUT2D eigenvalue weighted by atomic mass is 10.3. The summed E-state index contributed by atoms with van der Waals surface area (Å²) in [6, 6.07) is 3.57. The van der Waals surface area contributed by atoms with Gasteiger partial charge in [0.05, 0.1) is 16.7 Å². The zero-order valence-electron chi connectivity index (χ0n) is 12.1. The standard InChI is InChI=1S/C12H20N2O5S2/c1-9(15)6-7-14(2)21(18,19)12-8-10(20(3,16)17)4-5-11(12)13/h4-5,8-9,15H,6-7,13H2,1-3H3. The lowest BCUT2D eigenvalue weighted by molar-refractivity contribution is 0.177. The maximum Gasteiger partial charge on any atom is 0.244 e. The van der Waals surface area contributed by atoms with Crippen LogP contribution in [0.3, 0.4) is 0 Å². The molecule has 0 fully saturated rings. The highest BCUT2D eigenvalue weighted by Gasteiger charge is 2.25. The molecule has 1 aromatic carbocycles. The molecule has 3 N–H and O–H groups in total. The van der Waals surface area contributed by atoms with Gasteiger partial charge in [0, 0.05) is 19.8 Å². The van der Waals surface area contributed by atoms with Gasteiger partial charge in [0.2, 0.25) is 10.0 Å². The summed E-state index contributed by atoms with van der Waals surface area (Å²) >= 11 is 0. The van der Waals surface area contributed by atoms with Crippen LogP contribution in [0.2, 0.25) is 0 Å². The molecule has 0 radical (unpaired) electrons. The van der Waals surface area contributed by atoms with Gasteiger partial charge in [-0.05, 0) is 31.5 Å². The van der Waals surface area contributed by atoms with Gasteiger partial charge in [-0.25, -0.2) is 21.1 Å². The quantitative estimate of drug-likeness (QED) is 0.710. The zero-order valence-corrected chi connectivity index (χ0v) is 13.8. The molecule has 0 aliphatic carbocycles. The van der Waals surface area contributed by atoms with Gasteiger partial charge < -0.3 is 10.8 Å². The van der Waals surface area contributed by atoms with E-state index in [0.717, 1.165) is 16.6 Å². The highest BCUT2D eigenvalue weighted by molar-refractivity contribution is 7.91. The van der Waals surface area contributed by atoms with E-state index in [0.29, 0.717) is 0 Å². The Bertz CT molecular complexity index is 711. The zero-order chi connectivity index (χ0) is 16.4. The molecular weight excluding hydrogens is 316 g/mol. The molecule has 7 nitrogen and oxygen atoms in total. The van der Waals surface area contributed by atoms with E-state index in [2.05, 4.69) is 0 Å². The summed E-state index contributed by atoms with van der Waals surface area (Å²) in [6.45, 7) is 1.65. The van der Waals surface area contributed by atoms with Crippen molar-refractivity contribution < 1.29 is 21.9 Å². The Labute approximate surface area is 125 Å². The van der Waals surface area contributed by atoms with E-state index in [1.807, 2.05) is 0 Å². The number of rotatable bonds is 6. The molecule has 0 aliphatic rings. The third-order valence-electron chi connectivity index (χ3n) is 2.96. The van der Waals surface area contributed by atoms with Gasteiger partial charge in [0.15, 0.2) is 9.84 Å². The third-order valence-corrected chi connectivity index (χ3v) is 5.99. The number of hydrogen-bond acceptors (Lipinski definition) is 6. The number of aliphatic hydroxyl groups excluding tert-OH is 1. The van der Waals surface area contributed by atoms with Crippen LogP contribution in [0.4, 0.5) is 5.69 Å². The van der Waals surface area contributed by atoms with Crippen molar-refractivity contribution in [1.29, 1.82) is 0 Å². The molecular formula is C12H20N2O5S2. The normalized spacial score (nSPS) is 14.3. The van der Waals surface area contributed by atoms with Crippen molar-refractivity contribution in [1.82, 2.24) is 4.31 Å². The van der Waals surface area contributed by atoms with Crippen LogP contribution >= 0.6 is 0 Å². The van der Waals surface area contributed by atoms with Crippen molar-refractivity contribution in [3.8, 4) is 0 Å². The second kappa shape index (κ2) is 6.30. The van der Waals surface area contributed by atoms with Crippen LogP contribution in [0.5, 0.6) is 0 Å². The van der Waals surface area contributed by atoms with E-state index < -0.39 is 26.0 Å². The predicted molar refractivity (Wildman–Crippen MR) is 80.1 cm³/mol. The first-order chi connectivity index (χ1) is 9.46. The smallest absolute Gasteiger partial charge is 0.244 e. The molecule has 0 bridgehead atoms. The van der Waals surface area contributed by atoms with Crippen molar-refractivity contribution in [2.24, 2.45) is 0 Å². The van der Waals surface area contributed by atoms with Crippen molar-refractivity contribution in [2.75, 3.05) is 25.6 Å². The molecule has 0 spiro atoms. The lowest BCUT2D eigenvalue weighted by Crippen LogP contribution is -2.30. The highest BCUT2D eigenvalue weighted by Crippen LogP contribution is 2.25. The number of sulfonamides is 1. The fourth-order valence-electron chi connectivity index (χ4n) is 1.63. The third kappa shape index (κ3) is 4.40. The van der Waals surface area contributed by atoms with Gasteiger partial charge in [0.1, 0.15) is 4.90 Å². The highest BCUT2D eigenvalue weighted by atomic mass is 32.2. The molecule has 0 saturated heterocycles. The minimum atomic E-state index is -3.92. The maximum atomic E-state index is 12.4. The number of aliphatic hydroxyl groups is 1. The summed E-state index contributed by atoms with van der Waals surface area (Å²) in [5, 5.41) is 9.22. The fourth-order valence-corrected chi connectivity index (χ4v) is 3.67. The van der Waals surface area contributed by atoms with Crippen LogP contribution in [0.15, 0.2) is 28.0 Å². The van der Waals surface area contributed by atoms with Crippen molar-refractivity contribution in [3.05, 3.63) is 18.2 Å². The van der Waals surface area contributed by atoms with Gasteiger partial charge in [0.25, 0.3) is 0 Å². The van der Waals surface area contributed by atoms with E-state index >= 15 is 0 Å². The molecule has 1 atom stereocenters. The molecule has 9 heteroatoms. The van der Waals surface area contributed by atoms with Gasteiger partial charge in [-0.1, -0.05) is 0 Å². The van der Waals surface area contributed by atoms with E-state index in [4.69, 9.17) is 5.73 Å². The molecule has 0 amide bonds. The van der Waals surface area contributed by atoms with Crippen LogP contribution in [-0.4, -0.2) is 52.2 Å². The van der Waals surface area contributed by atoms with Crippen LogP contribution in [-0.2, 0) is 19.9 Å². The second-order valence-corrected chi connectivity index (χ2v) is 8.97. The Hall–Kier alpha value is -1.16. The lowest BCUT2D eigenvalue weighted by Gasteiger charge is -2.19. The molecule has 0 heterocycles. The fraction of sp³-hybridized carbons (Fsp3) is 0.500. The number of nitrogens with zero attached hydrogens (tertiary/aromatic N) is 1.